The summed E-state index contributed by atoms with van der Waals surface area (Å²) in [5, 5.41) is 10.5. The minimum atomic E-state index is 0.0994. The molecule has 1 aromatic heterocycles. The molecule has 0 amide bonds. The average Bonchev–Trinajstić information content (AvgIpc) is 2.69. The van der Waals surface area contributed by atoms with Crippen LogP contribution < -0.4 is 5.73 Å². The smallest absolute Gasteiger partial charge is 0.220 e. The molecular formula is C13H13ClN4O. The third kappa shape index (κ3) is 2.01. The Bertz CT molecular complexity index is 639. The summed E-state index contributed by atoms with van der Waals surface area (Å²) in [6.45, 7) is 1.44. The maximum absolute atomic E-state index is 10.0. The Hall–Kier alpha value is -1.85. The van der Waals surface area contributed by atoms with E-state index >= 15 is 0 Å². The topological polar surface area (TPSA) is 75.3 Å². The van der Waals surface area contributed by atoms with Crippen LogP contribution >= 0.6 is 11.6 Å². The van der Waals surface area contributed by atoms with E-state index in [2.05, 4.69) is 14.9 Å². The van der Waals surface area contributed by atoms with Gasteiger partial charge in [0.05, 0.1) is 22.0 Å². The number of phenolic OH excluding ortho intramolecular Hbond substituents is 1. The number of hydrogen-bond acceptors (Lipinski definition) is 5. The zero-order valence-electron chi connectivity index (χ0n) is 10.4. The maximum atomic E-state index is 10.0. The lowest BCUT2D eigenvalue weighted by molar-refractivity contribution is 0.351. The molecule has 1 aromatic carbocycles. The van der Waals surface area contributed by atoms with Gasteiger partial charge in [-0.15, -0.1) is 0 Å². The van der Waals surface area contributed by atoms with E-state index in [4.69, 9.17) is 17.3 Å². The van der Waals surface area contributed by atoms with Gasteiger partial charge in [-0.25, -0.2) is 9.97 Å². The molecule has 0 fully saturated rings. The molecule has 0 atom stereocenters. The van der Waals surface area contributed by atoms with E-state index in [9.17, 15) is 5.11 Å². The molecule has 2 aromatic rings. The molecule has 6 heteroatoms. The van der Waals surface area contributed by atoms with Crippen LogP contribution in [0.5, 0.6) is 5.75 Å². The molecule has 0 saturated heterocycles. The van der Waals surface area contributed by atoms with Gasteiger partial charge < -0.3 is 10.8 Å². The summed E-state index contributed by atoms with van der Waals surface area (Å²) in [4.78, 5) is 10.6. The second kappa shape index (κ2) is 4.36. The molecule has 19 heavy (non-hydrogen) atoms. The summed E-state index contributed by atoms with van der Waals surface area (Å²) in [5.74, 6) is 0.297. The zero-order chi connectivity index (χ0) is 13.6. The Balaban J connectivity index is 2.27. The molecule has 0 unspecified atom stereocenters. The number of anilines is 1. The molecule has 98 valence electrons. The quantitative estimate of drug-likeness (QED) is 0.833. The van der Waals surface area contributed by atoms with E-state index in [1.54, 1.807) is 18.2 Å². The van der Waals surface area contributed by atoms with Crippen LogP contribution in [-0.4, -0.2) is 27.0 Å². The Morgan fingerprint density at radius 2 is 2.11 bits per heavy atom. The number of nitrogens with zero attached hydrogens (tertiary/aromatic N) is 3. The van der Waals surface area contributed by atoms with Crippen molar-refractivity contribution in [3.8, 4) is 17.0 Å². The molecule has 0 spiro atoms. The van der Waals surface area contributed by atoms with E-state index < -0.39 is 0 Å². The van der Waals surface area contributed by atoms with Gasteiger partial charge in [0, 0.05) is 18.7 Å². The van der Waals surface area contributed by atoms with Gasteiger partial charge in [-0.3, -0.25) is 4.90 Å². The summed E-state index contributed by atoms with van der Waals surface area (Å²) < 4.78 is 0. The number of hydrogen-bond donors (Lipinski definition) is 2. The highest BCUT2D eigenvalue weighted by Crippen LogP contribution is 2.39. The minimum Gasteiger partial charge on any atom is -0.507 e. The first-order valence-corrected chi connectivity index (χ1v) is 6.25. The molecule has 3 rings (SSSR count). The van der Waals surface area contributed by atoms with Crippen LogP contribution in [0.15, 0.2) is 18.2 Å². The fourth-order valence-corrected chi connectivity index (χ4v) is 2.64. The summed E-state index contributed by atoms with van der Waals surface area (Å²) in [5.41, 5.74) is 8.75. The van der Waals surface area contributed by atoms with Gasteiger partial charge in [-0.1, -0.05) is 17.7 Å². The molecule has 3 N–H and O–H groups in total. The van der Waals surface area contributed by atoms with Crippen molar-refractivity contribution < 1.29 is 5.11 Å². The Morgan fingerprint density at radius 1 is 1.32 bits per heavy atom. The highest BCUT2D eigenvalue weighted by atomic mass is 35.5. The number of aromatic hydroxyl groups is 1. The largest absolute Gasteiger partial charge is 0.507 e. The number of nitrogens with two attached hydrogens (primary N) is 1. The summed E-state index contributed by atoms with van der Waals surface area (Å²) in [7, 11) is 1.99. The number of fused-ring (bicyclic) bond motifs is 1. The molecule has 1 aliphatic heterocycles. The number of phenols is 1. The van der Waals surface area contributed by atoms with E-state index in [1.807, 2.05) is 7.05 Å². The van der Waals surface area contributed by atoms with Crippen LogP contribution in [0.1, 0.15) is 11.3 Å². The molecular weight excluding hydrogens is 264 g/mol. The van der Waals surface area contributed by atoms with Crippen molar-refractivity contribution in [2.75, 3.05) is 12.8 Å². The normalized spacial score (nSPS) is 14.6. The average molecular weight is 277 g/mol. The third-order valence-corrected chi connectivity index (χ3v) is 3.50. The molecule has 1 aliphatic rings. The Morgan fingerprint density at radius 3 is 2.84 bits per heavy atom. The van der Waals surface area contributed by atoms with Gasteiger partial charge in [-0.2, -0.15) is 0 Å². The third-order valence-electron chi connectivity index (χ3n) is 3.19. The first-order chi connectivity index (χ1) is 9.06. The van der Waals surface area contributed by atoms with Crippen molar-refractivity contribution in [2.24, 2.45) is 0 Å². The second-order valence-electron chi connectivity index (χ2n) is 4.66. The zero-order valence-corrected chi connectivity index (χ0v) is 11.1. The lowest BCUT2D eigenvalue weighted by Gasteiger charge is -2.11. The van der Waals surface area contributed by atoms with Gasteiger partial charge in [0.1, 0.15) is 5.75 Å². The van der Waals surface area contributed by atoms with Crippen molar-refractivity contribution in [2.45, 2.75) is 13.1 Å². The van der Waals surface area contributed by atoms with Crippen molar-refractivity contribution in [1.82, 2.24) is 14.9 Å². The number of rotatable bonds is 1. The fourth-order valence-electron chi connectivity index (χ4n) is 2.38. The number of benzene rings is 1. The monoisotopic (exact) mass is 276 g/mol. The van der Waals surface area contributed by atoms with Gasteiger partial charge in [0.25, 0.3) is 0 Å². The summed E-state index contributed by atoms with van der Waals surface area (Å²) in [6, 6.07) is 5.00. The summed E-state index contributed by atoms with van der Waals surface area (Å²) >= 11 is 6.18. The minimum absolute atomic E-state index is 0.0994. The van der Waals surface area contributed by atoms with Crippen LogP contribution in [0.3, 0.4) is 0 Å². The Kier molecular flexibility index (Phi) is 2.80. The SMILES string of the molecule is CN1Cc2nc(N)nc(-c3c(O)cccc3Cl)c2C1. The predicted octanol–water partition coefficient (Wildman–Crippen LogP) is 2.03. The van der Waals surface area contributed by atoms with Crippen molar-refractivity contribution in [1.29, 1.82) is 0 Å². The number of aromatic nitrogens is 2. The van der Waals surface area contributed by atoms with Gasteiger partial charge in [0.2, 0.25) is 5.95 Å². The first kappa shape index (κ1) is 12.2. The van der Waals surface area contributed by atoms with E-state index in [0.29, 0.717) is 16.3 Å². The molecule has 5 nitrogen and oxygen atoms in total. The van der Waals surface area contributed by atoms with E-state index in [-0.39, 0.29) is 11.7 Å². The van der Waals surface area contributed by atoms with E-state index in [0.717, 1.165) is 24.3 Å². The second-order valence-corrected chi connectivity index (χ2v) is 5.07. The lowest BCUT2D eigenvalue weighted by Crippen LogP contribution is -2.07. The maximum Gasteiger partial charge on any atom is 0.220 e. The van der Waals surface area contributed by atoms with Crippen LogP contribution in [0, 0.1) is 0 Å². The van der Waals surface area contributed by atoms with Gasteiger partial charge in [-0.05, 0) is 19.2 Å². The molecule has 0 bridgehead atoms. The highest BCUT2D eigenvalue weighted by molar-refractivity contribution is 6.33. The Labute approximate surface area is 115 Å². The molecule has 0 saturated carbocycles. The predicted molar refractivity (Wildman–Crippen MR) is 73.7 cm³/mol. The van der Waals surface area contributed by atoms with Crippen LogP contribution in [-0.2, 0) is 13.1 Å². The van der Waals surface area contributed by atoms with Gasteiger partial charge in [0.15, 0.2) is 0 Å². The fraction of sp³-hybridized carbons (Fsp3) is 0.231. The lowest BCUT2D eigenvalue weighted by atomic mass is 10.0. The standard InChI is InChI=1S/C13H13ClN4O/c1-18-5-7-9(6-18)16-13(15)17-12(7)11-8(14)3-2-4-10(11)19/h2-4,19H,5-6H2,1H3,(H2,15,16,17). The van der Waals surface area contributed by atoms with Crippen molar-refractivity contribution >= 4 is 17.5 Å². The van der Waals surface area contributed by atoms with Crippen LogP contribution in [0.25, 0.3) is 11.3 Å². The highest BCUT2D eigenvalue weighted by Gasteiger charge is 2.25. The molecule has 2 heterocycles. The molecule has 0 aliphatic carbocycles. The van der Waals surface area contributed by atoms with Crippen molar-refractivity contribution in [3.63, 3.8) is 0 Å². The van der Waals surface area contributed by atoms with Crippen LogP contribution in [0.4, 0.5) is 5.95 Å². The molecule has 0 radical (unpaired) electrons. The summed E-state index contributed by atoms with van der Waals surface area (Å²) in [6.07, 6.45) is 0. The van der Waals surface area contributed by atoms with Gasteiger partial charge >= 0.3 is 0 Å². The van der Waals surface area contributed by atoms with E-state index in [1.165, 1.54) is 0 Å². The first-order valence-electron chi connectivity index (χ1n) is 5.88. The number of nitrogen functional groups attached to an aromatic ring is 1. The number of halogens is 1. The van der Waals surface area contributed by atoms with Crippen LogP contribution in [0.2, 0.25) is 5.02 Å². The van der Waals surface area contributed by atoms with Crippen molar-refractivity contribution in [3.05, 3.63) is 34.5 Å².